The standard InChI is InChI=1S/C19H11BrN2/c20-17-10-9-14(11-13(17)12-21)22-18-7-3-1-5-15(18)16-6-2-4-8-19(16)22/h1-11H. The van der Waals surface area contributed by atoms with Crippen LogP contribution >= 0.6 is 15.9 Å². The van der Waals surface area contributed by atoms with Crippen molar-refractivity contribution in [3.63, 3.8) is 0 Å². The van der Waals surface area contributed by atoms with Crippen molar-refractivity contribution in [2.75, 3.05) is 0 Å². The average molecular weight is 347 g/mol. The second kappa shape index (κ2) is 5.01. The maximum Gasteiger partial charge on any atom is 0.100 e. The van der Waals surface area contributed by atoms with Gasteiger partial charge < -0.3 is 4.57 Å². The Labute approximate surface area is 136 Å². The van der Waals surface area contributed by atoms with Crippen LogP contribution in [0.4, 0.5) is 0 Å². The van der Waals surface area contributed by atoms with Crippen LogP contribution in [0.3, 0.4) is 0 Å². The lowest BCUT2D eigenvalue weighted by atomic mass is 10.2. The number of benzene rings is 3. The van der Waals surface area contributed by atoms with E-state index in [9.17, 15) is 5.26 Å². The largest absolute Gasteiger partial charge is 0.309 e. The molecule has 1 heterocycles. The zero-order valence-electron chi connectivity index (χ0n) is 11.6. The molecule has 0 fully saturated rings. The Morgan fingerprint density at radius 2 is 1.41 bits per heavy atom. The Bertz CT molecular complexity index is 1000. The molecule has 0 amide bonds. The Morgan fingerprint density at radius 3 is 2.00 bits per heavy atom. The number of nitriles is 1. The number of hydrogen-bond acceptors (Lipinski definition) is 1. The van der Waals surface area contributed by atoms with Crippen LogP contribution in [0.1, 0.15) is 5.56 Å². The fourth-order valence-electron chi connectivity index (χ4n) is 2.94. The number of halogens is 1. The lowest BCUT2D eigenvalue weighted by molar-refractivity contribution is 1.17. The van der Waals surface area contributed by atoms with Gasteiger partial charge in [-0.2, -0.15) is 5.26 Å². The van der Waals surface area contributed by atoms with Crippen molar-refractivity contribution in [1.82, 2.24) is 4.57 Å². The van der Waals surface area contributed by atoms with Crippen molar-refractivity contribution < 1.29 is 0 Å². The monoisotopic (exact) mass is 346 g/mol. The number of rotatable bonds is 1. The van der Waals surface area contributed by atoms with Gasteiger partial charge in [0.05, 0.1) is 16.6 Å². The SMILES string of the molecule is N#Cc1cc(-n2c3ccccc3c3ccccc32)ccc1Br. The number of fused-ring (bicyclic) bond motifs is 3. The fraction of sp³-hybridized carbons (Fsp3) is 0. The van der Waals surface area contributed by atoms with E-state index in [1.807, 2.05) is 30.3 Å². The van der Waals surface area contributed by atoms with Gasteiger partial charge in [0.2, 0.25) is 0 Å². The van der Waals surface area contributed by atoms with Gasteiger partial charge in [0.15, 0.2) is 0 Å². The zero-order valence-corrected chi connectivity index (χ0v) is 13.2. The number of aromatic nitrogens is 1. The van der Waals surface area contributed by atoms with E-state index in [1.54, 1.807) is 0 Å². The van der Waals surface area contributed by atoms with Gasteiger partial charge in [0.25, 0.3) is 0 Å². The molecule has 0 unspecified atom stereocenters. The molecule has 0 N–H and O–H groups in total. The van der Waals surface area contributed by atoms with E-state index >= 15 is 0 Å². The van der Waals surface area contributed by atoms with Gasteiger partial charge in [-0.3, -0.25) is 0 Å². The second-order valence-electron chi connectivity index (χ2n) is 5.15. The van der Waals surface area contributed by atoms with E-state index in [0.29, 0.717) is 5.56 Å². The van der Waals surface area contributed by atoms with E-state index in [2.05, 4.69) is 63.0 Å². The number of para-hydroxylation sites is 2. The summed E-state index contributed by atoms with van der Waals surface area (Å²) in [4.78, 5) is 0. The second-order valence-corrected chi connectivity index (χ2v) is 6.00. The highest BCUT2D eigenvalue weighted by Gasteiger charge is 2.12. The summed E-state index contributed by atoms with van der Waals surface area (Å²) in [5.74, 6) is 0. The predicted octanol–water partition coefficient (Wildman–Crippen LogP) is 5.42. The van der Waals surface area contributed by atoms with Gasteiger partial charge >= 0.3 is 0 Å². The van der Waals surface area contributed by atoms with Crippen LogP contribution in [-0.2, 0) is 0 Å². The van der Waals surface area contributed by atoms with Crippen LogP contribution in [0.2, 0.25) is 0 Å². The first-order valence-corrected chi connectivity index (χ1v) is 7.77. The van der Waals surface area contributed by atoms with Crippen molar-refractivity contribution in [2.45, 2.75) is 0 Å². The minimum absolute atomic E-state index is 0.638. The maximum absolute atomic E-state index is 9.28. The number of hydrogen-bond donors (Lipinski definition) is 0. The molecule has 4 rings (SSSR count). The summed E-state index contributed by atoms with van der Waals surface area (Å²) >= 11 is 3.42. The third-order valence-corrected chi connectivity index (χ3v) is 4.60. The highest BCUT2D eigenvalue weighted by molar-refractivity contribution is 9.10. The summed E-state index contributed by atoms with van der Waals surface area (Å²) in [6.45, 7) is 0. The summed E-state index contributed by atoms with van der Waals surface area (Å²) in [5.41, 5.74) is 3.93. The van der Waals surface area contributed by atoms with Crippen LogP contribution in [0.5, 0.6) is 0 Å². The molecule has 0 aliphatic carbocycles. The molecule has 0 saturated carbocycles. The molecule has 0 spiro atoms. The molecule has 2 nitrogen and oxygen atoms in total. The van der Waals surface area contributed by atoms with Crippen LogP contribution in [-0.4, -0.2) is 4.57 Å². The van der Waals surface area contributed by atoms with E-state index < -0.39 is 0 Å². The zero-order chi connectivity index (χ0) is 15.1. The van der Waals surface area contributed by atoms with Gasteiger partial charge in [-0.1, -0.05) is 36.4 Å². The Hall–Kier alpha value is -2.57. The van der Waals surface area contributed by atoms with Gasteiger partial charge in [0.1, 0.15) is 6.07 Å². The van der Waals surface area contributed by atoms with Crippen LogP contribution < -0.4 is 0 Å². The normalized spacial score (nSPS) is 10.9. The predicted molar refractivity (Wildman–Crippen MR) is 93.2 cm³/mol. The molecule has 0 radical (unpaired) electrons. The molecule has 104 valence electrons. The third kappa shape index (κ3) is 1.85. The van der Waals surface area contributed by atoms with Crippen molar-refractivity contribution in [1.29, 1.82) is 5.26 Å². The van der Waals surface area contributed by atoms with Crippen molar-refractivity contribution in [3.05, 3.63) is 76.8 Å². The van der Waals surface area contributed by atoms with Crippen LogP contribution in [0.15, 0.2) is 71.2 Å². The smallest absolute Gasteiger partial charge is 0.100 e. The summed E-state index contributed by atoms with van der Waals surface area (Å²) < 4.78 is 3.03. The molecule has 3 heteroatoms. The quantitative estimate of drug-likeness (QED) is 0.452. The topological polar surface area (TPSA) is 28.7 Å². The molecule has 0 aliphatic rings. The molecule has 0 saturated heterocycles. The van der Waals surface area contributed by atoms with Gasteiger partial charge in [-0.15, -0.1) is 0 Å². The lowest BCUT2D eigenvalue weighted by Crippen LogP contribution is -1.94. The first-order chi connectivity index (χ1) is 10.8. The molecule has 1 aromatic heterocycles. The summed E-state index contributed by atoms with van der Waals surface area (Å²) in [5, 5.41) is 11.7. The van der Waals surface area contributed by atoms with Gasteiger partial charge in [0, 0.05) is 20.9 Å². The van der Waals surface area contributed by atoms with Crippen LogP contribution in [0, 0.1) is 11.3 Å². The highest BCUT2D eigenvalue weighted by Crippen LogP contribution is 2.32. The van der Waals surface area contributed by atoms with E-state index in [4.69, 9.17) is 0 Å². The Kier molecular flexibility index (Phi) is 2.99. The molecular formula is C19H11BrN2. The average Bonchev–Trinajstić information content (AvgIpc) is 2.90. The molecular weight excluding hydrogens is 336 g/mol. The van der Waals surface area contributed by atoms with E-state index in [0.717, 1.165) is 21.2 Å². The maximum atomic E-state index is 9.28. The van der Waals surface area contributed by atoms with E-state index in [1.165, 1.54) is 10.8 Å². The van der Waals surface area contributed by atoms with Gasteiger partial charge in [-0.25, -0.2) is 0 Å². The van der Waals surface area contributed by atoms with Crippen molar-refractivity contribution >= 4 is 37.7 Å². The minimum atomic E-state index is 0.638. The first-order valence-electron chi connectivity index (χ1n) is 6.98. The lowest BCUT2D eigenvalue weighted by Gasteiger charge is -2.08. The summed E-state index contributed by atoms with van der Waals surface area (Å²) in [6, 6.07) is 24.8. The molecule has 0 atom stereocenters. The summed E-state index contributed by atoms with van der Waals surface area (Å²) in [6.07, 6.45) is 0. The van der Waals surface area contributed by atoms with Crippen molar-refractivity contribution in [3.8, 4) is 11.8 Å². The Balaban J connectivity index is 2.15. The van der Waals surface area contributed by atoms with Crippen LogP contribution in [0.25, 0.3) is 27.5 Å². The Morgan fingerprint density at radius 1 is 0.818 bits per heavy atom. The first kappa shape index (κ1) is 13.1. The van der Waals surface area contributed by atoms with Gasteiger partial charge in [-0.05, 0) is 46.3 Å². The molecule has 4 aromatic rings. The molecule has 0 aliphatic heterocycles. The van der Waals surface area contributed by atoms with Crippen molar-refractivity contribution in [2.24, 2.45) is 0 Å². The summed E-state index contributed by atoms with van der Waals surface area (Å²) in [7, 11) is 0. The molecule has 3 aromatic carbocycles. The number of nitrogens with zero attached hydrogens (tertiary/aromatic N) is 2. The van der Waals surface area contributed by atoms with E-state index in [-0.39, 0.29) is 0 Å². The minimum Gasteiger partial charge on any atom is -0.309 e. The molecule has 0 bridgehead atoms. The molecule has 22 heavy (non-hydrogen) atoms. The fourth-order valence-corrected chi connectivity index (χ4v) is 3.27. The third-order valence-electron chi connectivity index (χ3n) is 3.91. The highest BCUT2D eigenvalue weighted by atomic mass is 79.9.